The van der Waals surface area contributed by atoms with Crippen molar-refractivity contribution in [2.75, 3.05) is 32.7 Å². The molecule has 1 aliphatic rings. The van der Waals surface area contributed by atoms with Gasteiger partial charge in [0.15, 0.2) is 0 Å². The van der Waals surface area contributed by atoms with Gasteiger partial charge < -0.3 is 9.42 Å². The standard InChI is InChI=1S/C19H26N4O2/c1-3-23(4-2)17(24)14-22-12-10-16(11-13-22)19-20-18(21-25-19)15-8-6-5-7-9-15/h5-9,16H,3-4,10-14H2,1-2H3. The number of hydrogen-bond acceptors (Lipinski definition) is 5. The van der Waals surface area contributed by atoms with E-state index in [9.17, 15) is 4.79 Å². The lowest BCUT2D eigenvalue weighted by Crippen LogP contribution is -2.43. The molecule has 1 fully saturated rings. The van der Waals surface area contributed by atoms with Crippen LogP contribution in [0.5, 0.6) is 0 Å². The zero-order valence-electron chi connectivity index (χ0n) is 15.0. The van der Waals surface area contributed by atoms with Crippen LogP contribution in [0.15, 0.2) is 34.9 Å². The second kappa shape index (κ2) is 8.25. The lowest BCUT2D eigenvalue weighted by atomic mass is 9.97. The Morgan fingerprint density at radius 1 is 1.20 bits per heavy atom. The molecular weight excluding hydrogens is 316 g/mol. The van der Waals surface area contributed by atoms with Crippen molar-refractivity contribution >= 4 is 5.91 Å². The summed E-state index contributed by atoms with van der Waals surface area (Å²) in [6.07, 6.45) is 1.89. The summed E-state index contributed by atoms with van der Waals surface area (Å²) in [6, 6.07) is 9.87. The summed E-state index contributed by atoms with van der Waals surface area (Å²) >= 11 is 0. The summed E-state index contributed by atoms with van der Waals surface area (Å²) in [6.45, 7) is 7.88. The molecule has 1 aromatic carbocycles. The average molecular weight is 342 g/mol. The van der Waals surface area contributed by atoms with Gasteiger partial charge in [-0.25, -0.2) is 0 Å². The summed E-state index contributed by atoms with van der Waals surface area (Å²) in [7, 11) is 0. The zero-order valence-corrected chi connectivity index (χ0v) is 15.0. The van der Waals surface area contributed by atoms with Crippen LogP contribution in [0.3, 0.4) is 0 Å². The Morgan fingerprint density at radius 3 is 2.52 bits per heavy atom. The Bertz CT molecular complexity index is 674. The van der Waals surface area contributed by atoms with Crippen LogP contribution in [0.4, 0.5) is 0 Å². The monoisotopic (exact) mass is 342 g/mol. The first kappa shape index (κ1) is 17.6. The number of benzene rings is 1. The third kappa shape index (κ3) is 4.25. The summed E-state index contributed by atoms with van der Waals surface area (Å²) in [4.78, 5) is 20.9. The predicted molar refractivity (Wildman–Crippen MR) is 96.1 cm³/mol. The minimum Gasteiger partial charge on any atom is -0.342 e. The van der Waals surface area contributed by atoms with Gasteiger partial charge in [0, 0.05) is 24.6 Å². The number of likely N-dealkylation sites (N-methyl/N-ethyl adjacent to an activating group) is 1. The maximum atomic E-state index is 12.2. The van der Waals surface area contributed by atoms with Gasteiger partial charge in [0.25, 0.3) is 0 Å². The highest BCUT2D eigenvalue weighted by atomic mass is 16.5. The van der Waals surface area contributed by atoms with E-state index in [0.29, 0.717) is 18.3 Å². The van der Waals surface area contributed by atoms with Gasteiger partial charge in [-0.15, -0.1) is 0 Å². The van der Waals surface area contributed by atoms with E-state index in [1.165, 1.54) is 0 Å². The molecule has 1 saturated heterocycles. The number of hydrogen-bond donors (Lipinski definition) is 0. The Hall–Kier alpha value is -2.21. The SMILES string of the molecule is CCN(CC)C(=O)CN1CCC(c2nc(-c3ccccc3)no2)CC1. The molecule has 3 rings (SSSR count). The van der Waals surface area contributed by atoms with E-state index in [1.807, 2.05) is 49.1 Å². The molecule has 0 bridgehead atoms. The van der Waals surface area contributed by atoms with Crippen LogP contribution in [0.25, 0.3) is 11.4 Å². The first-order chi connectivity index (χ1) is 12.2. The number of amides is 1. The summed E-state index contributed by atoms with van der Waals surface area (Å²) in [5.41, 5.74) is 0.972. The van der Waals surface area contributed by atoms with Crippen LogP contribution >= 0.6 is 0 Å². The van der Waals surface area contributed by atoms with Crippen molar-refractivity contribution in [2.24, 2.45) is 0 Å². The van der Waals surface area contributed by atoms with E-state index in [0.717, 1.165) is 44.6 Å². The van der Waals surface area contributed by atoms with Gasteiger partial charge in [0.2, 0.25) is 17.6 Å². The number of carbonyl (C=O) groups excluding carboxylic acids is 1. The maximum absolute atomic E-state index is 12.2. The smallest absolute Gasteiger partial charge is 0.236 e. The van der Waals surface area contributed by atoms with Gasteiger partial charge >= 0.3 is 0 Å². The van der Waals surface area contributed by atoms with Crippen LogP contribution in [0, 0.1) is 0 Å². The molecule has 0 radical (unpaired) electrons. The zero-order chi connectivity index (χ0) is 17.6. The Morgan fingerprint density at radius 2 is 1.88 bits per heavy atom. The molecule has 2 aromatic rings. The quantitative estimate of drug-likeness (QED) is 0.808. The van der Waals surface area contributed by atoms with Crippen molar-refractivity contribution < 1.29 is 9.32 Å². The van der Waals surface area contributed by atoms with Gasteiger partial charge in [0.1, 0.15) is 0 Å². The molecule has 25 heavy (non-hydrogen) atoms. The van der Waals surface area contributed by atoms with Crippen molar-refractivity contribution in [1.82, 2.24) is 19.9 Å². The van der Waals surface area contributed by atoms with Crippen LogP contribution < -0.4 is 0 Å². The van der Waals surface area contributed by atoms with Gasteiger partial charge in [-0.3, -0.25) is 9.69 Å². The maximum Gasteiger partial charge on any atom is 0.236 e. The lowest BCUT2D eigenvalue weighted by Gasteiger charge is -2.31. The molecule has 0 N–H and O–H groups in total. The van der Waals surface area contributed by atoms with E-state index in [2.05, 4.69) is 15.0 Å². The van der Waals surface area contributed by atoms with Crippen molar-refractivity contribution in [1.29, 1.82) is 0 Å². The molecule has 1 aliphatic heterocycles. The van der Waals surface area contributed by atoms with Crippen LogP contribution in [0.1, 0.15) is 38.5 Å². The van der Waals surface area contributed by atoms with Crippen LogP contribution in [-0.2, 0) is 4.79 Å². The topological polar surface area (TPSA) is 62.5 Å². The number of rotatable bonds is 6. The minimum atomic E-state index is 0.215. The molecular formula is C19H26N4O2. The van der Waals surface area contributed by atoms with Gasteiger partial charge in [-0.1, -0.05) is 35.5 Å². The summed E-state index contributed by atoms with van der Waals surface area (Å²) < 4.78 is 5.49. The fraction of sp³-hybridized carbons (Fsp3) is 0.526. The first-order valence-electron chi connectivity index (χ1n) is 9.10. The minimum absolute atomic E-state index is 0.215. The molecule has 0 unspecified atom stereocenters. The Balaban J connectivity index is 1.54. The highest BCUT2D eigenvalue weighted by Crippen LogP contribution is 2.28. The largest absolute Gasteiger partial charge is 0.342 e. The Kier molecular flexibility index (Phi) is 5.81. The van der Waals surface area contributed by atoms with Crippen LogP contribution in [0.2, 0.25) is 0 Å². The van der Waals surface area contributed by atoms with Gasteiger partial charge in [-0.05, 0) is 39.8 Å². The normalized spacial score (nSPS) is 16.1. The van der Waals surface area contributed by atoms with Crippen molar-refractivity contribution in [2.45, 2.75) is 32.6 Å². The predicted octanol–water partition coefficient (Wildman–Crippen LogP) is 2.78. The molecule has 134 valence electrons. The van der Waals surface area contributed by atoms with E-state index in [4.69, 9.17) is 4.52 Å². The number of likely N-dealkylation sites (tertiary alicyclic amines) is 1. The highest BCUT2D eigenvalue weighted by Gasteiger charge is 2.27. The molecule has 6 nitrogen and oxygen atoms in total. The van der Waals surface area contributed by atoms with E-state index in [-0.39, 0.29) is 11.8 Å². The van der Waals surface area contributed by atoms with Crippen molar-refractivity contribution in [3.63, 3.8) is 0 Å². The molecule has 2 heterocycles. The molecule has 0 atom stereocenters. The summed E-state index contributed by atoms with van der Waals surface area (Å²) in [5, 5.41) is 4.11. The number of piperidine rings is 1. The van der Waals surface area contributed by atoms with E-state index < -0.39 is 0 Å². The second-order valence-electron chi connectivity index (χ2n) is 6.44. The van der Waals surface area contributed by atoms with E-state index in [1.54, 1.807) is 0 Å². The second-order valence-corrected chi connectivity index (χ2v) is 6.44. The van der Waals surface area contributed by atoms with Gasteiger partial charge in [-0.2, -0.15) is 4.98 Å². The fourth-order valence-corrected chi connectivity index (χ4v) is 3.31. The Labute approximate surface area is 148 Å². The fourth-order valence-electron chi connectivity index (χ4n) is 3.31. The van der Waals surface area contributed by atoms with E-state index >= 15 is 0 Å². The number of nitrogens with zero attached hydrogens (tertiary/aromatic N) is 4. The van der Waals surface area contributed by atoms with Gasteiger partial charge in [0.05, 0.1) is 6.54 Å². The average Bonchev–Trinajstić information content (AvgIpc) is 3.14. The van der Waals surface area contributed by atoms with Crippen LogP contribution in [-0.4, -0.2) is 58.6 Å². The van der Waals surface area contributed by atoms with Crippen molar-refractivity contribution in [3.05, 3.63) is 36.2 Å². The highest BCUT2D eigenvalue weighted by molar-refractivity contribution is 5.78. The first-order valence-corrected chi connectivity index (χ1v) is 9.10. The molecule has 0 saturated carbocycles. The molecule has 6 heteroatoms. The molecule has 0 aliphatic carbocycles. The van der Waals surface area contributed by atoms with Crippen molar-refractivity contribution in [3.8, 4) is 11.4 Å². The number of aromatic nitrogens is 2. The molecule has 0 spiro atoms. The number of carbonyl (C=O) groups is 1. The molecule has 1 amide bonds. The third-order valence-electron chi connectivity index (χ3n) is 4.89. The molecule has 1 aromatic heterocycles. The summed E-state index contributed by atoms with van der Waals surface area (Å²) in [5.74, 6) is 1.86. The lowest BCUT2D eigenvalue weighted by molar-refractivity contribution is -0.132. The third-order valence-corrected chi connectivity index (χ3v) is 4.89.